The number of carbonyl (C=O) groups excluding carboxylic acids is 2. The fourth-order valence-electron chi connectivity index (χ4n) is 4.52. The monoisotopic (exact) mass is 539 g/mol. The molecule has 0 aliphatic heterocycles. The first kappa shape index (κ1) is 26.5. The van der Waals surface area contributed by atoms with Gasteiger partial charge in [0.25, 0.3) is 0 Å². The molecule has 2 aromatic heterocycles. The zero-order valence-corrected chi connectivity index (χ0v) is 22.2. The topological polar surface area (TPSA) is 112 Å². The third-order valence-electron chi connectivity index (χ3n) is 6.52. The van der Waals surface area contributed by atoms with Crippen LogP contribution in [0.2, 0.25) is 0 Å². The highest BCUT2D eigenvalue weighted by Crippen LogP contribution is 2.33. The van der Waals surface area contributed by atoms with Crippen molar-refractivity contribution in [3.8, 4) is 11.5 Å². The molecular weight excluding hydrogens is 510 g/mol. The van der Waals surface area contributed by atoms with Gasteiger partial charge in [0.2, 0.25) is 11.8 Å². The first-order valence-electron chi connectivity index (χ1n) is 12.7. The molecule has 5 aromatic rings. The summed E-state index contributed by atoms with van der Waals surface area (Å²) in [6.07, 6.45) is 1.53. The van der Waals surface area contributed by atoms with Gasteiger partial charge in [-0.1, -0.05) is 53.7 Å². The van der Waals surface area contributed by atoms with E-state index in [9.17, 15) is 9.59 Å². The van der Waals surface area contributed by atoms with Gasteiger partial charge in [0.1, 0.15) is 23.9 Å². The predicted molar refractivity (Wildman–Crippen MR) is 147 cm³/mol. The molecule has 1 atom stereocenters. The molecule has 40 heavy (non-hydrogen) atoms. The zero-order valence-electron chi connectivity index (χ0n) is 22.2. The SMILES string of the molecule is COc1ccc(C(C(=O)NCc2ccccc2)N(Cc2ccco2)C(=O)Cn2nnc3ccccc32)cc1OC. The number of rotatable bonds is 11. The lowest BCUT2D eigenvalue weighted by Gasteiger charge is -2.31. The van der Waals surface area contributed by atoms with E-state index in [2.05, 4.69) is 15.6 Å². The van der Waals surface area contributed by atoms with Crippen LogP contribution in [-0.2, 0) is 29.2 Å². The van der Waals surface area contributed by atoms with Gasteiger partial charge in [0, 0.05) is 6.54 Å². The quantitative estimate of drug-likeness (QED) is 0.269. The van der Waals surface area contributed by atoms with Crippen molar-refractivity contribution in [3.05, 3.63) is 108 Å². The molecule has 5 rings (SSSR count). The van der Waals surface area contributed by atoms with E-state index < -0.39 is 6.04 Å². The van der Waals surface area contributed by atoms with Gasteiger partial charge >= 0.3 is 0 Å². The minimum Gasteiger partial charge on any atom is -0.493 e. The number of ether oxygens (including phenoxy) is 2. The van der Waals surface area contributed by atoms with Gasteiger partial charge in [0.05, 0.1) is 32.5 Å². The fourth-order valence-corrected chi connectivity index (χ4v) is 4.52. The van der Waals surface area contributed by atoms with E-state index >= 15 is 0 Å². The molecule has 204 valence electrons. The highest BCUT2D eigenvalue weighted by atomic mass is 16.5. The molecule has 10 heteroatoms. The van der Waals surface area contributed by atoms with Crippen LogP contribution in [0.25, 0.3) is 11.0 Å². The Morgan fingerprint density at radius 1 is 0.950 bits per heavy atom. The maximum atomic E-state index is 14.0. The summed E-state index contributed by atoms with van der Waals surface area (Å²) in [5, 5.41) is 11.3. The van der Waals surface area contributed by atoms with Crippen LogP contribution in [0, 0.1) is 0 Å². The lowest BCUT2D eigenvalue weighted by Crippen LogP contribution is -2.44. The number of nitrogens with zero attached hydrogens (tertiary/aromatic N) is 4. The molecule has 0 bridgehead atoms. The van der Waals surface area contributed by atoms with Crippen molar-refractivity contribution >= 4 is 22.8 Å². The Morgan fingerprint density at radius 3 is 2.48 bits per heavy atom. The van der Waals surface area contributed by atoms with Gasteiger partial charge in [-0.3, -0.25) is 9.59 Å². The van der Waals surface area contributed by atoms with Crippen LogP contribution in [0.15, 0.2) is 95.6 Å². The number of para-hydroxylation sites is 1. The molecule has 0 radical (unpaired) electrons. The lowest BCUT2D eigenvalue weighted by atomic mass is 10.0. The van der Waals surface area contributed by atoms with Crippen molar-refractivity contribution in [3.63, 3.8) is 0 Å². The number of benzene rings is 3. The molecule has 0 saturated carbocycles. The van der Waals surface area contributed by atoms with Crippen LogP contribution in [0.5, 0.6) is 11.5 Å². The number of hydrogen-bond acceptors (Lipinski definition) is 7. The summed E-state index contributed by atoms with van der Waals surface area (Å²) in [6, 6.07) is 24.6. The van der Waals surface area contributed by atoms with Gasteiger partial charge in [-0.2, -0.15) is 0 Å². The summed E-state index contributed by atoms with van der Waals surface area (Å²) in [7, 11) is 3.06. The number of hydrogen-bond donors (Lipinski definition) is 1. The first-order chi connectivity index (χ1) is 19.6. The minimum atomic E-state index is -1.02. The Kier molecular flexibility index (Phi) is 8.05. The molecular formula is C30H29N5O5. The fraction of sp³-hybridized carbons (Fsp3) is 0.200. The van der Waals surface area contributed by atoms with E-state index in [-0.39, 0.29) is 24.9 Å². The van der Waals surface area contributed by atoms with Crippen LogP contribution in [0.3, 0.4) is 0 Å². The summed E-state index contributed by atoms with van der Waals surface area (Å²) in [5.41, 5.74) is 2.86. The van der Waals surface area contributed by atoms with E-state index in [0.717, 1.165) is 5.56 Å². The maximum Gasteiger partial charge on any atom is 0.247 e. The zero-order chi connectivity index (χ0) is 27.9. The molecule has 1 unspecified atom stereocenters. The van der Waals surface area contributed by atoms with Crippen molar-refractivity contribution in [2.24, 2.45) is 0 Å². The average Bonchev–Trinajstić information content (AvgIpc) is 3.66. The van der Waals surface area contributed by atoms with Crippen LogP contribution in [0.1, 0.15) is 22.9 Å². The van der Waals surface area contributed by atoms with E-state index in [0.29, 0.717) is 40.4 Å². The molecule has 0 saturated heterocycles. The van der Waals surface area contributed by atoms with Crippen LogP contribution < -0.4 is 14.8 Å². The standard InChI is InChI=1S/C30H29N5O5/c1-38-26-15-14-22(17-27(26)39-2)29(30(37)31-18-21-9-4-3-5-10-21)34(19-23-11-8-16-40-23)28(36)20-35-25-13-7-6-12-24(25)32-33-35/h3-17,29H,18-20H2,1-2H3,(H,31,37). The second-order valence-electron chi connectivity index (χ2n) is 9.06. The van der Waals surface area contributed by atoms with E-state index in [1.807, 2.05) is 54.6 Å². The number of aromatic nitrogens is 3. The summed E-state index contributed by atoms with van der Waals surface area (Å²) < 4.78 is 18.0. The molecule has 3 aromatic carbocycles. The van der Waals surface area contributed by atoms with Crippen molar-refractivity contribution < 1.29 is 23.5 Å². The van der Waals surface area contributed by atoms with E-state index in [1.165, 1.54) is 30.1 Å². The number of carbonyl (C=O) groups is 2. The molecule has 2 heterocycles. The van der Waals surface area contributed by atoms with Gasteiger partial charge < -0.3 is 24.1 Å². The van der Waals surface area contributed by atoms with Gasteiger partial charge in [0.15, 0.2) is 11.5 Å². The predicted octanol–water partition coefficient (Wildman–Crippen LogP) is 4.13. The number of furan rings is 1. The number of fused-ring (bicyclic) bond motifs is 1. The van der Waals surface area contributed by atoms with Crippen LogP contribution in [0.4, 0.5) is 0 Å². The molecule has 2 amide bonds. The molecule has 0 aliphatic carbocycles. The Balaban J connectivity index is 1.53. The number of methoxy groups -OCH3 is 2. The third-order valence-corrected chi connectivity index (χ3v) is 6.52. The Morgan fingerprint density at radius 2 is 1.73 bits per heavy atom. The largest absolute Gasteiger partial charge is 0.493 e. The molecule has 1 N–H and O–H groups in total. The summed E-state index contributed by atoms with van der Waals surface area (Å²) in [6.45, 7) is 0.215. The second-order valence-corrected chi connectivity index (χ2v) is 9.06. The van der Waals surface area contributed by atoms with Crippen molar-refractivity contribution in [1.82, 2.24) is 25.2 Å². The Bertz CT molecular complexity index is 1580. The smallest absolute Gasteiger partial charge is 0.247 e. The van der Waals surface area contributed by atoms with Gasteiger partial charge in [-0.15, -0.1) is 5.10 Å². The van der Waals surface area contributed by atoms with Crippen molar-refractivity contribution in [1.29, 1.82) is 0 Å². The number of nitrogens with one attached hydrogen (secondary N) is 1. The van der Waals surface area contributed by atoms with E-state index in [4.69, 9.17) is 13.9 Å². The summed E-state index contributed by atoms with van der Waals surface area (Å²) in [4.78, 5) is 29.4. The third kappa shape index (κ3) is 5.80. The maximum absolute atomic E-state index is 14.0. The first-order valence-corrected chi connectivity index (χ1v) is 12.7. The van der Waals surface area contributed by atoms with E-state index in [1.54, 1.807) is 30.3 Å². The molecule has 0 spiro atoms. The normalized spacial score (nSPS) is 11.7. The lowest BCUT2D eigenvalue weighted by molar-refractivity contribution is -0.142. The van der Waals surface area contributed by atoms with Crippen LogP contribution in [-0.4, -0.2) is 45.9 Å². The average molecular weight is 540 g/mol. The van der Waals surface area contributed by atoms with Gasteiger partial charge in [-0.25, -0.2) is 4.68 Å². The molecule has 0 fully saturated rings. The Labute approximate surface area is 231 Å². The van der Waals surface area contributed by atoms with Crippen molar-refractivity contribution in [2.45, 2.75) is 25.7 Å². The van der Waals surface area contributed by atoms with Crippen LogP contribution >= 0.6 is 0 Å². The number of amides is 2. The molecule has 10 nitrogen and oxygen atoms in total. The second kappa shape index (κ2) is 12.2. The minimum absolute atomic E-state index is 0.0518. The Hall–Kier alpha value is -5.12. The van der Waals surface area contributed by atoms with Gasteiger partial charge in [-0.05, 0) is 47.5 Å². The summed E-state index contributed by atoms with van der Waals surface area (Å²) >= 11 is 0. The molecule has 0 aliphatic rings. The highest BCUT2D eigenvalue weighted by molar-refractivity contribution is 5.89. The summed E-state index contributed by atoms with van der Waals surface area (Å²) in [5.74, 6) is 0.764. The van der Waals surface area contributed by atoms with Crippen molar-refractivity contribution in [2.75, 3.05) is 14.2 Å². The highest BCUT2D eigenvalue weighted by Gasteiger charge is 2.33.